The van der Waals surface area contributed by atoms with Crippen LogP contribution in [-0.2, 0) is 21.8 Å². The maximum atomic E-state index is 12.6. The summed E-state index contributed by atoms with van der Waals surface area (Å²) in [6.45, 7) is 2.86. The molecule has 2 aliphatic rings. The van der Waals surface area contributed by atoms with E-state index in [-0.39, 0.29) is 4.90 Å². The van der Waals surface area contributed by atoms with E-state index in [0.717, 1.165) is 0 Å². The number of alkyl carbamates (subject to hydrolysis) is 1. The maximum absolute atomic E-state index is 12.6. The number of piperidine rings is 1. The molecular formula is C12H18N4O4S. The molecule has 2 fully saturated rings. The van der Waals surface area contributed by atoms with Crippen LogP contribution in [0.15, 0.2) is 11.1 Å². The van der Waals surface area contributed by atoms with E-state index in [9.17, 15) is 13.2 Å². The summed E-state index contributed by atoms with van der Waals surface area (Å²) in [7, 11) is -1.83. The van der Waals surface area contributed by atoms with Crippen LogP contribution in [0.25, 0.3) is 0 Å². The second-order valence-corrected chi connectivity index (χ2v) is 7.45. The number of nitrogens with zero attached hydrogens (tertiary/aromatic N) is 3. The molecule has 1 aromatic rings. The molecule has 0 saturated carbocycles. The summed E-state index contributed by atoms with van der Waals surface area (Å²) in [5.41, 5.74) is 0.0665. The second-order valence-electron chi connectivity index (χ2n) is 5.55. The van der Waals surface area contributed by atoms with Gasteiger partial charge >= 0.3 is 6.09 Å². The molecule has 1 spiro atoms. The third-order valence-electron chi connectivity index (χ3n) is 4.31. The summed E-state index contributed by atoms with van der Waals surface area (Å²) in [6.07, 6.45) is 1.97. The molecule has 0 aliphatic carbocycles. The minimum atomic E-state index is -3.54. The molecule has 0 unspecified atom stereocenters. The van der Waals surface area contributed by atoms with Gasteiger partial charge in [-0.3, -0.25) is 4.68 Å². The van der Waals surface area contributed by atoms with Crippen LogP contribution in [0.3, 0.4) is 0 Å². The summed E-state index contributed by atoms with van der Waals surface area (Å²) in [6, 6.07) is 0. The lowest BCUT2D eigenvalue weighted by Crippen LogP contribution is -2.48. The second kappa shape index (κ2) is 4.70. The standard InChI is InChI=1S/C12H18N4O4S/c1-9-10(7-14-15(9)2)21(18,19)16-5-3-12(4-6-16)8-13-11(17)20-12/h7H,3-6,8H2,1-2H3,(H,13,17). The average molecular weight is 314 g/mol. The van der Waals surface area contributed by atoms with Crippen molar-refractivity contribution in [3.05, 3.63) is 11.9 Å². The van der Waals surface area contributed by atoms with Crippen molar-refractivity contribution in [3.63, 3.8) is 0 Å². The lowest BCUT2D eigenvalue weighted by atomic mass is 9.93. The van der Waals surface area contributed by atoms with E-state index in [4.69, 9.17) is 4.74 Å². The number of hydrogen-bond donors (Lipinski definition) is 1. The minimum absolute atomic E-state index is 0.238. The SMILES string of the molecule is Cc1c(S(=O)(=O)N2CCC3(CC2)CNC(=O)O3)cnn1C. The van der Waals surface area contributed by atoms with Crippen molar-refractivity contribution < 1.29 is 17.9 Å². The highest BCUT2D eigenvalue weighted by Gasteiger charge is 2.45. The van der Waals surface area contributed by atoms with Gasteiger partial charge < -0.3 is 10.1 Å². The molecule has 3 rings (SSSR count). The van der Waals surface area contributed by atoms with Crippen molar-refractivity contribution >= 4 is 16.1 Å². The lowest BCUT2D eigenvalue weighted by molar-refractivity contribution is 0.0173. The van der Waals surface area contributed by atoms with Crippen LogP contribution in [0.1, 0.15) is 18.5 Å². The van der Waals surface area contributed by atoms with Gasteiger partial charge in [-0.15, -0.1) is 0 Å². The largest absolute Gasteiger partial charge is 0.441 e. The van der Waals surface area contributed by atoms with Gasteiger partial charge in [-0.25, -0.2) is 13.2 Å². The summed E-state index contributed by atoms with van der Waals surface area (Å²) >= 11 is 0. The Morgan fingerprint density at radius 2 is 2.05 bits per heavy atom. The van der Waals surface area contributed by atoms with Gasteiger partial charge in [-0.2, -0.15) is 9.40 Å². The van der Waals surface area contributed by atoms with Gasteiger partial charge in [0.25, 0.3) is 0 Å². The zero-order valence-corrected chi connectivity index (χ0v) is 12.8. The van der Waals surface area contributed by atoms with Gasteiger partial charge in [0.1, 0.15) is 10.5 Å². The molecule has 0 radical (unpaired) electrons. The van der Waals surface area contributed by atoms with Gasteiger partial charge in [0, 0.05) is 33.0 Å². The Hall–Kier alpha value is -1.61. The normalized spacial score (nSPS) is 22.3. The number of ether oxygens (including phenoxy) is 1. The fraction of sp³-hybridized carbons (Fsp3) is 0.667. The third-order valence-corrected chi connectivity index (χ3v) is 6.31. The van der Waals surface area contributed by atoms with Crippen molar-refractivity contribution in [1.82, 2.24) is 19.4 Å². The van der Waals surface area contributed by atoms with Crippen molar-refractivity contribution in [1.29, 1.82) is 0 Å². The Balaban J connectivity index is 1.77. The van der Waals surface area contributed by atoms with Crippen molar-refractivity contribution in [2.24, 2.45) is 7.05 Å². The molecule has 116 valence electrons. The van der Waals surface area contributed by atoms with E-state index in [2.05, 4.69) is 10.4 Å². The highest BCUT2D eigenvalue weighted by molar-refractivity contribution is 7.89. The van der Waals surface area contributed by atoms with E-state index >= 15 is 0 Å². The first-order valence-electron chi connectivity index (χ1n) is 6.80. The Morgan fingerprint density at radius 3 is 2.52 bits per heavy atom. The molecule has 1 N–H and O–H groups in total. The van der Waals surface area contributed by atoms with Crippen LogP contribution >= 0.6 is 0 Å². The third kappa shape index (κ3) is 2.30. The number of carbonyl (C=O) groups excluding carboxylic acids is 1. The average Bonchev–Trinajstić information content (AvgIpc) is 2.95. The minimum Gasteiger partial charge on any atom is -0.441 e. The Kier molecular flexibility index (Phi) is 3.21. The molecule has 8 nitrogen and oxygen atoms in total. The zero-order valence-electron chi connectivity index (χ0n) is 12.0. The van der Waals surface area contributed by atoms with Crippen LogP contribution < -0.4 is 5.32 Å². The number of sulfonamides is 1. The van der Waals surface area contributed by atoms with Crippen LogP contribution in [-0.4, -0.2) is 53.8 Å². The maximum Gasteiger partial charge on any atom is 0.407 e. The molecule has 1 amide bonds. The Bertz CT molecular complexity index is 673. The molecular weight excluding hydrogens is 296 g/mol. The van der Waals surface area contributed by atoms with E-state index in [0.29, 0.717) is 38.2 Å². The lowest BCUT2D eigenvalue weighted by Gasteiger charge is -2.36. The first-order valence-corrected chi connectivity index (χ1v) is 8.24. The predicted molar refractivity (Wildman–Crippen MR) is 73.2 cm³/mol. The monoisotopic (exact) mass is 314 g/mol. The van der Waals surface area contributed by atoms with Crippen molar-refractivity contribution in [2.75, 3.05) is 19.6 Å². The first-order chi connectivity index (χ1) is 9.84. The van der Waals surface area contributed by atoms with E-state index in [1.165, 1.54) is 10.5 Å². The van der Waals surface area contributed by atoms with Gasteiger partial charge in [-0.1, -0.05) is 0 Å². The smallest absolute Gasteiger partial charge is 0.407 e. The number of amides is 1. The van der Waals surface area contributed by atoms with Crippen LogP contribution in [0, 0.1) is 6.92 Å². The zero-order chi connectivity index (χ0) is 15.3. The fourth-order valence-corrected chi connectivity index (χ4v) is 4.41. The van der Waals surface area contributed by atoms with E-state index in [1.54, 1.807) is 18.7 Å². The first kappa shape index (κ1) is 14.3. The summed E-state index contributed by atoms with van der Waals surface area (Å²) in [4.78, 5) is 11.4. The van der Waals surface area contributed by atoms with Crippen LogP contribution in [0.5, 0.6) is 0 Å². The molecule has 1 aromatic heterocycles. The highest BCUT2D eigenvalue weighted by atomic mass is 32.2. The van der Waals surface area contributed by atoms with E-state index < -0.39 is 21.7 Å². The molecule has 9 heteroatoms. The predicted octanol–water partition coefficient (Wildman–Crippen LogP) is -0.00838. The fourth-order valence-electron chi connectivity index (χ4n) is 2.79. The number of carbonyl (C=O) groups is 1. The van der Waals surface area contributed by atoms with Gasteiger partial charge in [0.2, 0.25) is 10.0 Å². The van der Waals surface area contributed by atoms with Crippen molar-refractivity contribution in [3.8, 4) is 0 Å². The molecule has 21 heavy (non-hydrogen) atoms. The highest BCUT2D eigenvalue weighted by Crippen LogP contribution is 2.32. The summed E-state index contributed by atoms with van der Waals surface area (Å²) in [5, 5.41) is 6.62. The van der Waals surface area contributed by atoms with E-state index in [1.807, 2.05) is 0 Å². The van der Waals surface area contributed by atoms with Gasteiger partial charge in [0.15, 0.2) is 0 Å². The Morgan fingerprint density at radius 1 is 1.38 bits per heavy atom. The number of aryl methyl sites for hydroxylation is 1. The number of aromatic nitrogens is 2. The number of hydrogen-bond acceptors (Lipinski definition) is 5. The summed E-state index contributed by atoms with van der Waals surface area (Å²) < 4.78 is 33.6. The number of rotatable bonds is 2. The van der Waals surface area contributed by atoms with Gasteiger partial charge in [0.05, 0.1) is 18.4 Å². The summed E-state index contributed by atoms with van der Waals surface area (Å²) in [5.74, 6) is 0. The molecule has 2 aliphatic heterocycles. The number of nitrogens with one attached hydrogen (secondary N) is 1. The van der Waals surface area contributed by atoms with Crippen LogP contribution in [0.4, 0.5) is 4.79 Å². The van der Waals surface area contributed by atoms with Gasteiger partial charge in [-0.05, 0) is 6.92 Å². The van der Waals surface area contributed by atoms with Crippen molar-refractivity contribution in [2.45, 2.75) is 30.3 Å². The van der Waals surface area contributed by atoms with Crippen LogP contribution in [0.2, 0.25) is 0 Å². The molecule has 0 bridgehead atoms. The molecule has 0 atom stereocenters. The molecule has 0 aromatic carbocycles. The molecule has 3 heterocycles. The topological polar surface area (TPSA) is 93.5 Å². The quantitative estimate of drug-likeness (QED) is 0.829. The molecule has 2 saturated heterocycles. The Labute approximate surface area is 123 Å².